The maximum atomic E-state index is 12.3. The molecule has 2 amide bonds. The Morgan fingerprint density at radius 3 is 0.957 bits per heavy atom. The third-order valence-corrected chi connectivity index (χ3v) is 6.24. The number of hydrogen-bond donors (Lipinski definition) is 0. The molecule has 0 unspecified atom stereocenters. The molecule has 1 aliphatic heterocycles. The number of carbonyl (C=O) groups is 2. The van der Waals surface area contributed by atoms with Crippen LogP contribution in [0.1, 0.15) is 20.7 Å². The molecule has 0 N–H and O–H groups in total. The van der Waals surface area contributed by atoms with Crippen molar-refractivity contribution in [1.82, 2.24) is 4.90 Å². The molecule has 1 aromatic carbocycles. The number of rotatable bonds is 34. The van der Waals surface area contributed by atoms with Crippen LogP contribution in [-0.4, -0.2) is 169 Å². The third-order valence-electron chi connectivity index (χ3n) is 6.24. The van der Waals surface area contributed by atoms with E-state index in [2.05, 4.69) is 5.92 Å². The maximum Gasteiger partial charge on any atom is 0.261 e. The van der Waals surface area contributed by atoms with Gasteiger partial charge in [0.05, 0.1) is 156 Å². The number of benzene rings is 1. The molecule has 0 radical (unpaired) electrons. The van der Waals surface area contributed by atoms with E-state index in [-0.39, 0.29) is 25.0 Å². The minimum Gasteiger partial charge on any atom is -0.377 e. The molecular formula is C33H51NO13. The van der Waals surface area contributed by atoms with Crippen LogP contribution < -0.4 is 0 Å². The van der Waals surface area contributed by atoms with Crippen LogP contribution in [0.3, 0.4) is 0 Å². The predicted octanol–water partition coefficient (Wildman–Crippen LogP) is 1.10. The van der Waals surface area contributed by atoms with Gasteiger partial charge in [-0.15, -0.1) is 6.42 Å². The van der Waals surface area contributed by atoms with Gasteiger partial charge in [0.2, 0.25) is 0 Å². The number of ether oxygens (including phenoxy) is 11. The van der Waals surface area contributed by atoms with Crippen molar-refractivity contribution in [3.05, 3.63) is 35.4 Å². The van der Waals surface area contributed by atoms with Gasteiger partial charge in [-0.05, 0) is 12.1 Å². The molecule has 2 rings (SSSR count). The number of fused-ring (bicyclic) bond motifs is 1. The van der Waals surface area contributed by atoms with E-state index < -0.39 is 0 Å². The van der Waals surface area contributed by atoms with Gasteiger partial charge in [-0.3, -0.25) is 14.5 Å². The van der Waals surface area contributed by atoms with Gasteiger partial charge in [-0.1, -0.05) is 18.1 Å². The van der Waals surface area contributed by atoms with E-state index in [1.807, 2.05) is 0 Å². The molecule has 1 aliphatic rings. The summed E-state index contributed by atoms with van der Waals surface area (Å²) < 4.78 is 59.5. The SMILES string of the molecule is C#CCOCCOCCOCCOCCOCCOCCOCCOCCOCCOCCOCCN1C(=O)c2ccccc2C1=O. The van der Waals surface area contributed by atoms with Crippen LogP contribution in [0.5, 0.6) is 0 Å². The summed E-state index contributed by atoms with van der Waals surface area (Å²) in [4.78, 5) is 25.8. The van der Waals surface area contributed by atoms with Crippen molar-refractivity contribution in [2.75, 3.05) is 152 Å². The minimum absolute atomic E-state index is 0.213. The highest BCUT2D eigenvalue weighted by atomic mass is 16.6. The number of terminal acetylenes is 1. The molecule has 0 atom stereocenters. The lowest BCUT2D eigenvalue weighted by molar-refractivity contribution is -0.0273. The highest BCUT2D eigenvalue weighted by Gasteiger charge is 2.34. The Labute approximate surface area is 278 Å². The molecule has 1 aromatic rings. The number of amides is 2. The Morgan fingerprint density at radius 2 is 0.681 bits per heavy atom. The highest BCUT2D eigenvalue weighted by Crippen LogP contribution is 2.21. The lowest BCUT2D eigenvalue weighted by Gasteiger charge is -2.13. The zero-order chi connectivity index (χ0) is 33.5. The van der Waals surface area contributed by atoms with E-state index >= 15 is 0 Å². The van der Waals surface area contributed by atoms with Gasteiger partial charge in [0.25, 0.3) is 11.8 Å². The van der Waals surface area contributed by atoms with Crippen molar-refractivity contribution >= 4 is 11.8 Å². The first-order chi connectivity index (χ1) is 23.3. The van der Waals surface area contributed by atoms with Gasteiger partial charge in [0, 0.05) is 0 Å². The van der Waals surface area contributed by atoms with Crippen LogP contribution in [0.2, 0.25) is 0 Å². The van der Waals surface area contributed by atoms with Crippen molar-refractivity contribution < 1.29 is 61.7 Å². The first-order valence-corrected chi connectivity index (χ1v) is 16.0. The fourth-order valence-electron chi connectivity index (χ4n) is 3.93. The number of imide groups is 1. The largest absolute Gasteiger partial charge is 0.377 e. The molecule has 0 saturated heterocycles. The summed E-state index contributed by atoms with van der Waals surface area (Å²) >= 11 is 0. The van der Waals surface area contributed by atoms with Gasteiger partial charge >= 0.3 is 0 Å². The highest BCUT2D eigenvalue weighted by molar-refractivity contribution is 6.21. The van der Waals surface area contributed by atoms with Crippen LogP contribution in [-0.2, 0) is 52.1 Å². The summed E-state index contributed by atoms with van der Waals surface area (Å²) in [5, 5.41) is 0. The third kappa shape index (κ3) is 20.5. The molecular weight excluding hydrogens is 618 g/mol. The zero-order valence-corrected chi connectivity index (χ0v) is 27.4. The normalized spacial score (nSPS) is 12.6. The van der Waals surface area contributed by atoms with Crippen LogP contribution in [0.15, 0.2) is 24.3 Å². The average molecular weight is 670 g/mol. The van der Waals surface area contributed by atoms with Gasteiger partial charge in [-0.2, -0.15) is 0 Å². The Hall–Kier alpha value is -2.52. The molecule has 47 heavy (non-hydrogen) atoms. The van der Waals surface area contributed by atoms with Gasteiger partial charge in [0.1, 0.15) is 6.61 Å². The Kier molecular flexibility index (Phi) is 25.6. The van der Waals surface area contributed by atoms with E-state index in [4.69, 9.17) is 58.5 Å². The lowest BCUT2D eigenvalue weighted by Crippen LogP contribution is -2.33. The first kappa shape index (κ1) is 40.7. The zero-order valence-electron chi connectivity index (χ0n) is 27.4. The molecule has 0 saturated carbocycles. The van der Waals surface area contributed by atoms with E-state index in [0.29, 0.717) is 150 Å². The van der Waals surface area contributed by atoms with Crippen LogP contribution in [0, 0.1) is 12.3 Å². The minimum atomic E-state index is -0.279. The maximum absolute atomic E-state index is 12.3. The van der Waals surface area contributed by atoms with E-state index in [9.17, 15) is 9.59 Å². The first-order valence-electron chi connectivity index (χ1n) is 16.0. The van der Waals surface area contributed by atoms with Crippen LogP contribution in [0.25, 0.3) is 0 Å². The predicted molar refractivity (Wildman–Crippen MR) is 170 cm³/mol. The number of hydrogen-bond acceptors (Lipinski definition) is 13. The standard InChI is InChI=1S/C33H51NO13/c1-2-8-37-10-12-39-14-16-41-18-20-43-22-24-45-26-28-47-29-27-46-25-23-44-21-19-42-17-15-40-13-11-38-9-7-34-32(35)30-5-3-4-6-31(30)33(34)36/h1,3-6H,7-29H2. The van der Waals surface area contributed by atoms with E-state index in [1.54, 1.807) is 24.3 Å². The second-order valence-electron chi connectivity index (χ2n) is 9.69. The van der Waals surface area contributed by atoms with E-state index in [0.717, 1.165) is 0 Å². The molecule has 1 heterocycles. The molecule has 14 heteroatoms. The summed E-state index contributed by atoms with van der Waals surface area (Å²) in [5.41, 5.74) is 0.881. The van der Waals surface area contributed by atoms with Gasteiger partial charge in [-0.25, -0.2) is 0 Å². The van der Waals surface area contributed by atoms with Crippen molar-refractivity contribution in [2.45, 2.75) is 0 Å². The average Bonchev–Trinajstić information content (AvgIpc) is 3.33. The van der Waals surface area contributed by atoms with Crippen LogP contribution in [0.4, 0.5) is 0 Å². The Bertz CT molecular complexity index is 939. The molecule has 266 valence electrons. The summed E-state index contributed by atoms with van der Waals surface area (Å²) in [6.45, 7) is 10.2. The van der Waals surface area contributed by atoms with E-state index in [1.165, 1.54) is 4.90 Å². The fourth-order valence-corrected chi connectivity index (χ4v) is 3.93. The quantitative estimate of drug-likeness (QED) is 0.0589. The smallest absolute Gasteiger partial charge is 0.261 e. The Balaban J connectivity index is 1.18. The molecule has 0 spiro atoms. The monoisotopic (exact) mass is 669 g/mol. The van der Waals surface area contributed by atoms with Crippen molar-refractivity contribution in [3.8, 4) is 12.3 Å². The molecule has 0 bridgehead atoms. The van der Waals surface area contributed by atoms with Gasteiger partial charge < -0.3 is 52.1 Å². The van der Waals surface area contributed by atoms with Crippen molar-refractivity contribution in [3.63, 3.8) is 0 Å². The second kappa shape index (κ2) is 29.6. The summed E-state index contributed by atoms with van der Waals surface area (Å²) in [7, 11) is 0. The topological polar surface area (TPSA) is 139 Å². The van der Waals surface area contributed by atoms with Crippen LogP contribution >= 0.6 is 0 Å². The number of carbonyl (C=O) groups excluding carboxylic acids is 2. The number of nitrogens with zero attached hydrogens (tertiary/aromatic N) is 1. The second-order valence-corrected chi connectivity index (χ2v) is 9.69. The molecule has 0 aliphatic carbocycles. The summed E-state index contributed by atoms with van der Waals surface area (Å²) in [6, 6.07) is 6.81. The van der Waals surface area contributed by atoms with Gasteiger partial charge in [0.15, 0.2) is 0 Å². The fraction of sp³-hybridized carbons (Fsp3) is 0.697. The van der Waals surface area contributed by atoms with Crippen molar-refractivity contribution in [2.24, 2.45) is 0 Å². The lowest BCUT2D eigenvalue weighted by atomic mass is 10.1. The summed E-state index contributed by atoms with van der Waals surface area (Å²) in [6.07, 6.45) is 5.08. The summed E-state index contributed by atoms with van der Waals surface area (Å²) in [5.74, 6) is 1.84. The van der Waals surface area contributed by atoms with Crippen molar-refractivity contribution in [1.29, 1.82) is 0 Å². The Morgan fingerprint density at radius 1 is 0.426 bits per heavy atom. The molecule has 14 nitrogen and oxygen atoms in total. The molecule has 0 fully saturated rings. The molecule has 0 aromatic heterocycles.